The van der Waals surface area contributed by atoms with Gasteiger partial charge >= 0.3 is 6.09 Å². The average molecular weight is 304 g/mol. The Labute approximate surface area is 131 Å². The minimum Gasteiger partial charge on any atom is -0.465 e. The number of nitrogens with one attached hydrogen (secondary N) is 1. The molecule has 2 rings (SSSR count). The largest absolute Gasteiger partial charge is 0.465 e. The summed E-state index contributed by atoms with van der Waals surface area (Å²) >= 11 is 0. The molecule has 0 radical (unpaired) electrons. The summed E-state index contributed by atoms with van der Waals surface area (Å²) in [5, 5.41) is 10.8. The highest BCUT2D eigenvalue weighted by atomic mass is 16.4. The number of likely N-dealkylation sites (tertiary alicyclic amines) is 1. The van der Waals surface area contributed by atoms with Gasteiger partial charge in [-0.05, 0) is 56.3 Å². The Bertz CT molecular complexity index is 503. The summed E-state index contributed by atoms with van der Waals surface area (Å²) in [4.78, 5) is 24.7. The summed E-state index contributed by atoms with van der Waals surface area (Å²) in [6, 6.07) is 6.40. The number of carbonyl (C=O) groups excluding carboxylic acids is 1. The number of hydrogen-bond acceptors (Lipinski definition) is 3. The molecule has 1 saturated heterocycles. The van der Waals surface area contributed by atoms with Crippen molar-refractivity contribution in [3.63, 3.8) is 0 Å². The van der Waals surface area contributed by atoms with Gasteiger partial charge in [-0.1, -0.05) is 19.9 Å². The van der Waals surface area contributed by atoms with Gasteiger partial charge in [0.1, 0.15) is 0 Å². The SMILES string of the molecule is CC.O=C(O)Nc1ccc(C(=O)/C=C/CN2CCCC2)cc1. The lowest BCUT2D eigenvalue weighted by Crippen LogP contribution is -2.18. The molecule has 22 heavy (non-hydrogen) atoms. The lowest BCUT2D eigenvalue weighted by molar-refractivity contribution is 0.104. The van der Waals surface area contributed by atoms with E-state index < -0.39 is 6.09 Å². The Morgan fingerprint density at radius 1 is 1.18 bits per heavy atom. The van der Waals surface area contributed by atoms with Gasteiger partial charge in [-0.3, -0.25) is 15.0 Å². The van der Waals surface area contributed by atoms with Gasteiger partial charge < -0.3 is 5.11 Å². The predicted molar refractivity (Wildman–Crippen MR) is 88.6 cm³/mol. The summed E-state index contributed by atoms with van der Waals surface area (Å²) in [5.41, 5.74) is 1.01. The second-order valence-corrected chi connectivity index (χ2v) is 4.78. The first-order valence-electron chi connectivity index (χ1n) is 7.68. The van der Waals surface area contributed by atoms with Crippen LogP contribution in [0.25, 0.3) is 0 Å². The number of carbonyl (C=O) groups is 2. The van der Waals surface area contributed by atoms with Crippen LogP contribution < -0.4 is 5.32 Å². The van der Waals surface area contributed by atoms with Gasteiger partial charge in [0.25, 0.3) is 0 Å². The molecular formula is C17H24N2O3. The van der Waals surface area contributed by atoms with Gasteiger partial charge in [0.15, 0.2) is 5.78 Å². The van der Waals surface area contributed by atoms with Crippen molar-refractivity contribution in [2.24, 2.45) is 0 Å². The zero-order valence-electron chi connectivity index (χ0n) is 13.2. The highest BCUT2D eigenvalue weighted by molar-refractivity contribution is 6.04. The first kappa shape index (κ1) is 17.9. The topological polar surface area (TPSA) is 69.6 Å². The fourth-order valence-corrected chi connectivity index (χ4v) is 2.21. The van der Waals surface area contributed by atoms with E-state index in [1.54, 1.807) is 30.3 Å². The second kappa shape index (κ2) is 9.73. The van der Waals surface area contributed by atoms with E-state index in [9.17, 15) is 9.59 Å². The predicted octanol–water partition coefficient (Wildman–Crippen LogP) is 3.64. The number of ketones is 1. The normalized spacial score (nSPS) is 14.5. The van der Waals surface area contributed by atoms with Crippen molar-refractivity contribution >= 4 is 17.6 Å². The smallest absolute Gasteiger partial charge is 0.409 e. The number of amides is 1. The van der Waals surface area contributed by atoms with Gasteiger partial charge in [-0.15, -0.1) is 0 Å². The average Bonchev–Trinajstić information content (AvgIpc) is 3.02. The zero-order chi connectivity index (χ0) is 16.4. The van der Waals surface area contributed by atoms with Crippen LogP contribution in [0.5, 0.6) is 0 Å². The van der Waals surface area contributed by atoms with Gasteiger partial charge in [0.2, 0.25) is 0 Å². The summed E-state index contributed by atoms with van der Waals surface area (Å²) in [7, 11) is 0. The first-order valence-corrected chi connectivity index (χ1v) is 7.68. The lowest BCUT2D eigenvalue weighted by Gasteiger charge is -2.10. The lowest BCUT2D eigenvalue weighted by atomic mass is 10.1. The van der Waals surface area contributed by atoms with Crippen LogP contribution in [0, 0.1) is 0 Å². The highest BCUT2D eigenvalue weighted by Gasteiger charge is 2.09. The van der Waals surface area contributed by atoms with Crippen molar-refractivity contribution in [3.05, 3.63) is 42.0 Å². The molecule has 1 aliphatic rings. The molecule has 1 heterocycles. The molecule has 0 spiro atoms. The van der Waals surface area contributed by atoms with Crippen LogP contribution in [-0.2, 0) is 0 Å². The minimum absolute atomic E-state index is 0.0638. The Morgan fingerprint density at radius 3 is 2.32 bits per heavy atom. The van der Waals surface area contributed by atoms with Crippen LogP contribution in [0.4, 0.5) is 10.5 Å². The number of benzene rings is 1. The van der Waals surface area contributed by atoms with Gasteiger partial charge in [-0.25, -0.2) is 4.79 Å². The van der Waals surface area contributed by atoms with E-state index >= 15 is 0 Å². The maximum Gasteiger partial charge on any atom is 0.409 e. The fraction of sp³-hybridized carbons (Fsp3) is 0.412. The van der Waals surface area contributed by atoms with Crippen LogP contribution in [0.3, 0.4) is 0 Å². The van der Waals surface area contributed by atoms with Crippen molar-refractivity contribution in [1.29, 1.82) is 0 Å². The number of anilines is 1. The molecule has 1 aliphatic heterocycles. The van der Waals surface area contributed by atoms with Crippen molar-refractivity contribution in [2.75, 3.05) is 25.0 Å². The quantitative estimate of drug-likeness (QED) is 0.643. The molecule has 120 valence electrons. The van der Waals surface area contributed by atoms with Crippen LogP contribution in [-0.4, -0.2) is 41.5 Å². The third-order valence-electron chi connectivity index (χ3n) is 3.25. The summed E-state index contributed by atoms with van der Waals surface area (Å²) < 4.78 is 0. The van der Waals surface area contributed by atoms with Crippen molar-refractivity contribution in [1.82, 2.24) is 4.90 Å². The van der Waals surface area contributed by atoms with E-state index in [1.165, 1.54) is 12.8 Å². The zero-order valence-corrected chi connectivity index (χ0v) is 13.2. The molecule has 0 unspecified atom stereocenters. The van der Waals surface area contributed by atoms with Crippen LogP contribution in [0.2, 0.25) is 0 Å². The number of hydrogen-bond donors (Lipinski definition) is 2. The minimum atomic E-state index is -1.12. The summed E-state index contributed by atoms with van der Waals surface area (Å²) in [6.45, 7) is 7.02. The molecule has 1 amide bonds. The molecule has 1 aromatic rings. The first-order chi connectivity index (χ1) is 10.6. The summed E-state index contributed by atoms with van der Waals surface area (Å²) in [6.07, 6.45) is 4.82. The maximum atomic E-state index is 11.9. The molecule has 0 aromatic heterocycles. The Hall–Kier alpha value is -2.14. The number of rotatable bonds is 5. The number of allylic oxidation sites excluding steroid dienone is 1. The third-order valence-corrected chi connectivity index (χ3v) is 3.25. The molecule has 5 heteroatoms. The van der Waals surface area contributed by atoms with E-state index in [0.717, 1.165) is 19.6 Å². The maximum absolute atomic E-state index is 11.9. The van der Waals surface area contributed by atoms with E-state index in [1.807, 2.05) is 19.9 Å². The monoisotopic (exact) mass is 304 g/mol. The third kappa shape index (κ3) is 6.10. The Morgan fingerprint density at radius 2 is 1.77 bits per heavy atom. The van der Waals surface area contributed by atoms with Crippen LogP contribution >= 0.6 is 0 Å². The number of carboxylic acid groups (broad SMARTS) is 1. The van der Waals surface area contributed by atoms with Gasteiger partial charge in [0.05, 0.1) is 0 Å². The van der Waals surface area contributed by atoms with E-state index in [-0.39, 0.29) is 5.78 Å². The standard InChI is InChI=1S/C15H18N2O3.C2H6/c18-14(4-3-11-17-9-1-2-10-17)12-5-7-13(8-6-12)16-15(19)20;1-2/h3-8,16H,1-2,9-11H2,(H,19,20);1-2H3/b4-3+;. The van der Waals surface area contributed by atoms with Gasteiger partial charge in [0, 0.05) is 17.8 Å². The van der Waals surface area contributed by atoms with Crippen LogP contribution in [0.1, 0.15) is 37.0 Å². The fourth-order valence-electron chi connectivity index (χ4n) is 2.21. The molecule has 0 atom stereocenters. The molecule has 0 saturated carbocycles. The van der Waals surface area contributed by atoms with Crippen molar-refractivity contribution < 1.29 is 14.7 Å². The second-order valence-electron chi connectivity index (χ2n) is 4.78. The molecule has 0 bridgehead atoms. The number of nitrogens with zero attached hydrogens (tertiary/aromatic N) is 1. The van der Waals surface area contributed by atoms with E-state index in [4.69, 9.17) is 5.11 Å². The highest BCUT2D eigenvalue weighted by Crippen LogP contribution is 2.11. The molecular weight excluding hydrogens is 280 g/mol. The summed E-state index contributed by atoms with van der Waals surface area (Å²) in [5.74, 6) is -0.0638. The molecule has 1 fully saturated rings. The Kier molecular flexibility index (Phi) is 7.92. The molecule has 2 N–H and O–H groups in total. The Balaban J connectivity index is 0.00000116. The van der Waals surface area contributed by atoms with Crippen molar-refractivity contribution in [2.45, 2.75) is 26.7 Å². The van der Waals surface area contributed by atoms with Crippen molar-refractivity contribution in [3.8, 4) is 0 Å². The molecule has 5 nitrogen and oxygen atoms in total. The van der Waals surface area contributed by atoms with Gasteiger partial charge in [-0.2, -0.15) is 0 Å². The molecule has 0 aliphatic carbocycles. The van der Waals surface area contributed by atoms with E-state index in [2.05, 4.69) is 10.2 Å². The molecule has 1 aromatic carbocycles. The van der Waals surface area contributed by atoms with E-state index in [0.29, 0.717) is 11.3 Å². The van der Waals surface area contributed by atoms with Crippen LogP contribution in [0.15, 0.2) is 36.4 Å².